The van der Waals surface area contributed by atoms with Crippen LogP contribution in [0.25, 0.3) is 0 Å². The predicted molar refractivity (Wildman–Crippen MR) is 528 cm³/mol. The number of phosphoric ester groups is 2. The second kappa shape index (κ2) is 97.4. The summed E-state index contributed by atoms with van der Waals surface area (Å²) in [5, 5.41) is 20.8. The van der Waals surface area contributed by atoms with E-state index in [0.717, 1.165) is 128 Å². The molecule has 0 saturated heterocycles. The first-order chi connectivity index (χ1) is 61.2. The molecule has 0 spiro atoms. The molecule has 0 heterocycles. The van der Waals surface area contributed by atoms with E-state index in [1.54, 1.807) is 0 Å². The van der Waals surface area contributed by atoms with Crippen molar-refractivity contribution in [2.45, 2.75) is 424 Å². The van der Waals surface area contributed by atoms with Gasteiger partial charge in [0.2, 0.25) is 0 Å². The third-order valence-corrected chi connectivity index (χ3v) is 22.7. The zero-order valence-corrected chi connectivity index (χ0v) is 80.7. The summed E-state index contributed by atoms with van der Waals surface area (Å²) >= 11 is 0. The zero-order valence-electron chi connectivity index (χ0n) is 79.0. The van der Waals surface area contributed by atoms with Crippen LogP contribution in [0.5, 0.6) is 0 Å². The number of ether oxygens (including phenoxy) is 3. The molecule has 18 heteroatoms. The molecule has 0 aliphatic rings. The van der Waals surface area contributed by atoms with Gasteiger partial charge in [-0.15, -0.1) is 0 Å². The maximum absolute atomic E-state index is 13.0. The van der Waals surface area contributed by atoms with Crippen LogP contribution in [0.15, 0.2) is 194 Å². The van der Waals surface area contributed by atoms with Crippen LogP contribution in [0.2, 0.25) is 0 Å². The maximum atomic E-state index is 13.0. The normalized spacial score (nSPS) is 14.5. The Labute approximate surface area is 763 Å². The van der Waals surface area contributed by atoms with E-state index in [1.807, 2.05) is 18.2 Å². The molecule has 0 aromatic rings. The lowest BCUT2D eigenvalue weighted by Crippen LogP contribution is -2.29. The smallest absolute Gasteiger partial charge is 0.463 e. The Balaban J connectivity index is 4.52. The highest BCUT2D eigenvalue weighted by Crippen LogP contribution is 2.45. The van der Waals surface area contributed by atoms with Gasteiger partial charge >= 0.3 is 33.6 Å². The van der Waals surface area contributed by atoms with Gasteiger partial charge in [0, 0.05) is 19.3 Å². The van der Waals surface area contributed by atoms with Crippen LogP contribution in [0.4, 0.5) is 0 Å². The average Bonchev–Trinajstić information content (AvgIpc) is 0.893. The van der Waals surface area contributed by atoms with Gasteiger partial charge in [-0.2, -0.15) is 0 Å². The first-order valence-corrected chi connectivity index (χ1v) is 52.7. The van der Waals surface area contributed by atoms with Crippen molar-refractivity contribution in [2.75, 3.05) is 39.6 Å². The molecule has 125 heavy (non-hydrogen) atoms. The van der Waals surface area contributed by atoms with E-state index in [2.05, 4.69) is 197 Å². The Morgan fingerprint density at radius 2 is 0.440 bits per heavy atom. The monoisotopic (exact) mass is 1780 g/mol. The van der Waals surface area contributed by atoms with E-state index in [0.29, 0.717) is 25.7 Å². The van der Waals surface area contributed by atoms with E-state index in [-0.39, 0.29) is 19.3 Å². The van der Waals surface area contributed by atoms with Crippen LogP contribution in [0, 0.1) is 0 Å². The summed E-state index contributed by atoms with van der Waals surface area (Å²) in [4.78, 5) is 59.0. The molecule has 0 aromatic heterocycles. The van der Waals surface area contributed by atoms with E-state index < -0.39 is 91.5 Å². The molecule has 0 fully saturated rings. The Hall–Kier alpha value is -5.61. The number of aliphatic hydroxyl groups is 2. The van der Waals surface area contributed by atoms with Gasteiger partial charge in [-0.1, -0.05) is 427 Å². The summed E-state index contributed by atoms with van der Waals surface area (Å²) < 4.78 is 61.4. The number of unbranched alkanes of at least 4 members (excludes halogenated alkanes) is 38. The highest BCUT2D eigenvalue weighted by Gasteiger charge is 2.30. The molecule has 0 radical (unpaired) electrons. The number of allylic oxidation sites excluding steroid dienone is 32. The summed E-state index contributed by atoms with van der Waals surface area (Å²) in [5.74, 6) is -1.67. The summed E-state index contributed by atoms with van der Waals surface area (Å²) in [6.45, 7) is 2.38. The molecule has 0 rings (SSSR count). The summed E-state index contributed by atoms with van der Waals surface area (Å²) in [7, 11) is -9.84. The Morgan fingerprint density at radius 1 is 0.232 bits per heavy atom. The van der Waals surface area contributed by atoms with Crippen molar-refractivity contribution in [1.82, 2.24) is 0 Å². The lowest BCUT2D eigenvalue weighted by Gasteiger charge is -2.21. The van der Waals surface area contributed by atoms with Crippen LogP contribution in [-0.2, 0) is 55.8 Å². The van der Waals surface area contributed by atoms with Crippen LogP contribution in [0.3, 0.4) is 0 Å². The van der Waals surface area contributed by atoms with Gasteiger partial charge in [0.05, 0.1) is 26.4 Å². The Kier molecular flexibility index (Phi) is 93.1. The fraction of sp³-hybridized carbons (Fsp3) is 0.673. The Bertz CT molecular complexity index is 3050. The fourth-order valence-corrected chi connectivity index (χ4v) is 14.9. The van der Waals surface area contributed by atoms with Crippen molar-refractivity contribution in [3.8, 4) is 0 Å². The number of esters is 3. The molecule has 0 amide bonds. The largest absolute Gasteiger partial charge is 0.472 e. The van der Waals surface area contributed by atoms with E-state index >= 15 is 0 Å². The number of carbonyl (C=O) groups excluding carboxylic acids is 3. The van der Waals surface area contributed by atoms with Crippen molar-refractivity contribution in [3.63, 3.8) is 0 Å². The van der Waals surface area contributed by atoms with E-state index in [1.165, 1.54) is 212 Å². The molecule has 4 N–H and O–H groups in total. The lowest BCUT2D eigenvalue weighted by atomic mass is 10.0. The van der Waals surface area contributed by atoms with Gasteiger partial charge < -0.3 is 34.2 Å². The third kappa shape index (κ3) is 98.8. The number of aliphatic hydroxyl groups excluding tert-OH is 2. The second-order valence-corrected chi connectivity index (χ2v) is 35.7. The van der Waals surface area contributed by atoms with Gasteiger partial charge in [-0.3, -0.25) is 32.5 Å². The molecule has 5 unspecified atom stereocenters. The minimum absolute atomic E-state index is 0.0239. The van der Waals surface area contributed by atoms with Crippen molar-refractivity contribution in [3.05, 3.63) is 194 Å². The van der Waals surface area contributed by atoms with Crippen LogP contribution in [0.1, 0.15) is 406 Å². The fourth-order valence-electron chi connectivity index (χ4n) is 13.4. The maximum Gasteiger partial charge on any atom is 0.472 e. The molecule has 714 valence electrons. The van der Waals surface area contributed by atoms with E-state index in [9.17, 15) is 43.5 Å². The quantitative estimate of drug-likeness (QED) is 0.0146. The minimum atomic E-state index is -4.97. The topological polar surface area (TPSA) is 231 Å². The molecule has 0 bridgehead atoms. The highest BCUT2D eigenvalue weighted by molar-refractivity contribution is 7.47. The standard InChI is InChI=1S/C107H180O16P2/c1-4-7-10-13-16-19-22-25-28-31-34-36-38-40-42-44-46-48-50-52-54-56-58-60-62-64-67-69-72-75-78-81-84-87-90-93-105(110)117-96-102(108)97-119-124(113,114)120-98-103(109)99-121-125(115,116)122-101-104(123-107(112)95-92-89-86-83-80-77-74-71-66-33-30-27-24-21-18-15-12-9-6-3)100-118-106(111)94-91-88-85-82-79-76-73-70-68-65-63-61-59-57-55-53-51-49-47-45-43-41-39-37-35-32-29-26-23-20-17-14-11-8-5-2/h7,9-10,12,16-21,25-30,34-37,40-43,46,48,66,71,77,80,86,89,102-104,108-109H,4-6,8,11,13-15,22-24,31-33,38-39,44-45,47,49-65,67-70,72-76,78-79,81-85,87-88,90-101H2,1-3H3,(H,113,114)(H,115,116)/b10-7-,12-9-,19-16-,20-17-,21-18-,28-25-,29-26-,30-27-,36-34-,37-35-,42-40-,43-41-,48-46-,71-66-,80-77-,89-86-. The molecule has 0 aromatic carbocycles. The SMILES string of the molecule is CC/C=C\C/C=C\C/C=C\C/C=C\C/C=C\C/C=C\CCCCCCCCCCCCCCCCCCC(=O)OCC(O)COP(=O)(O)OCC(O)COP(=O)(O)OCC(COC(=O)CCCCCCCCCCCCCCCCCCCCC/C=C\C/C=C\C/C=C\C/C=C\CCCCC)OC(=O)CC/C=C\C/C=C\C/C=C\C/C=C\C/C=C\C/C=C\CC. The average molecular weight is 1780 g/mol. The van der Waals surface area contributed by atoms with Crippen molar-refractivity contribution < 1.29 is 75.8 Å². The first kappa shape index (κ1) is 119. The van der Waals surface area contributed by atoms with Gasteiger partial charge in [-0.05, 0) is 154 Å². The van der Waals surface area contributed by atoms with Crippen molar-refractivity contribution in [1.29, 1.82) is 0 Å². The number of carbonyl (C=O) groups is 3. The lowest BCUT2D eigenvalue weighted by molar-refractivity contribution is -0.161. The molecule has 0 saturated carbocycles. The van der Waals surface area contributed by atoms with Crippen molar-refractivity contribution >= 4 is 33.6 Å². The number of rotatable bonds is 93. The van der Waals surface area contributed by atoms with Gasteiger partial charge in [0.25, 0.3) is 0 Å². The van der Waals surface area contributed by atoms with Gasteiger partial charge in [0.15, 0.2) is 6.10 Å². The molecule has 5 atom stereocenters. The second-order valence-electron chi connectivity index (χ2n) is 32.8. The Morgan fingerprint density at radius 3 is 0.704 bits per heavy atom. The van der Waals surface area contributed by atoms with Crippen LogP contribution >= 0.6 is 15.6 Å². The van der Waals surface area contributed by atoms with Gasteiger partial charge in [-0.25, -0.2) is 9.13 Å². The summed E-state index contributed by atoms with van der Waals surface area (Å²) in [5.41, 5.74) is 0. The number of hydrogen-bond acceptors (Lipinski definition) is 14. The van der Waals surface area contributed by atoms with E-state index in [4.69, 9.17) is 32.3 Å². The predicted octanol–water partition coefficient (Wildman–Crippen LogP) is 31.3. The first-order valence-electron chi connectivity index (χ1n) is 49.7. The number of hydrogen-bond donors (Lipinski definition) is 4. The minimum Gasteiger partial charge on any atom is -0.463 e. The molecule has 16 nitrogen and oxygen atoms in total. The molecule has 0 aliphatic carbocycles. The van der Waals surface area contributed by atoms with Crippen molar-refractivity contribution in [2.24, 2.45) is 0 Å². The zero-order chi connectivity index (χ0) is 90.7. The third-order valence-electron chi connectivity index (χ3n) is 20.8. The molecule has 0 aliphatic heterocycles. The summed E-state index contributed by atoms with van der Waals surface area (Å²) in [6.07, 6.45) is 131. The number of phosphoric acid groups is 2. The molecular weight excluding hydrogens is 1600 g/mol. The summed E-state index contributed by atoms with van der Waals surface area (Å²) in [6, 6.07) is 0. The highest BCUT2D eigenvalue weighted by atomic mass is 31.2. The van der Waals surface area contributed by atoms with Gasteiger partial charge in [0.1, 0.15) is 25.4 Å². The van der Waals surface area contributed by atoms with Crippen LogP contribution < -0.4 is 0 Å². The molecular formula is C107H180O16P2. The van der Waals surface area contributed by atoms with Crippen LogP contribution in [-0.4, -0.2) is 95.9 Å².